The molecule has 0 aliphatic heterocycles. The van der Waals surface area contributed by atoms with Crippen LogP contribution in [0.1, 0.15) is 17.5 Å². The number of benzene rings is 1. The molecule has 24 heavy (non-hydrogen) atoms. The van der Waals surface area contributed by atoms with Crippen LogP contribution in [0.2, 0.25) is 0 Å². The van der Waals surface area contributed by atoms with Crippen molar-refractivity contribution in [3.8, 4) is 0 Å². The number of aryl methyl sites for hydroxylation is 1. The van der Waals surface area contributed by atoms with Crippen molar-refractivity contribution < 1.29 is 9.66 Å². The third-order valence-electron chi connectivity index (χ3n) is 3.37. The van der Waals surface area contributed by atoms with Crippen molar-refractivity contribution in [2.24, 2.45) is 4.99 Å². The molecule has 0 saturated carbocycles. The van der Waals surface area contributed by atoms with Gasteiger partial charge in [0.15, 0.2) is 5.84 Å². The molecule has 0 heterocycles. The van der Waals surface area contributed by atoms with Gasteiger partial charge < -0.3 is 15.0 Å². The molecule has 134 valence electrons. The third kappa shape index (κ3) is 9.22. The molecular weight excluding hydrogens is 308 g/mol. The van der Waals surface area contributed by atoms with Crippen molar-refractivity contribution in [2.75, 3.05) is 47.4 Å². The number of aliphatic imine (C=N–C) groups is 1. The van der Waals surface area contributed by atoms with Gasteiger partial charge in [-0.15, -0.1) is 0 Å². The van der Waals surface area contributed by atoms with Crippen molar-refractivity contribution in [3.05, 3.63) is 45.5 Å². The van der Waals surface area contributed by atoms with Gasteiger partial charge in [-0.05, 0) is 38.1 Å². The third-order valence-corrected chi connectivity index (χ3v) is 3.37. The SMILES string of the molecule is CN=C(C[N+](=O)[O-])NCCOCCCc1cccc(CN(C)C)c1. The van der Waals surface area contributed by atoms with Crippen molar-refractivity contribution >= 4 is 5.84 Å². The van der Waals surface area contributed by atoms with Gasteiger partial charge in [-0.1, -0.05) is 24.3 Å². The second-order valence-corrected chi connectivity index (χ2v) is 5.86. The Morgan fingerprint density at radius 2 is 2.08 bits per heavy atom. The Bertz CT molecular complexity index is 532. The van der Waals surface area contributed by atoms with Gasteiger partial charge in [0.2, 0.25) is 0 Å². The molecule has 7 nitrogen and oxygen atoms in total. The summed E-state index contributed by atoms with van der Waals surface area (Å²) in [6.45, 7) is 2.38. The van der Waals surface area contributed by atoms with Gasteiger partial charge in [0, 0.05) is 31.7 Å². The van der Waals surface area contributed by atoms with Gasteiger partial charge >= 0.3 is 0 Å². The predicted octanol–water partition coefficient (Wildman–Crippen LogP) is 1.59. The van der Waals surface area contributed by atoms with Gasteiger partial charge in [-0.2, -0.15) is 0 Å². The molecule has 1 rings (SSSR count). The van der Waals surface area contributed by atoms with Crippen LogP contribution in [-0.4, -0.2) is 63.1 Å². The fourth-order valence-corrected chi connectivity index (χ4v) is 2.32. The number of amidine groups is 1. The van der Waals surface area contributed by atoms with Crippen LogP contribution in [0, 0.1) is 10.1 Å². The van der Waals surface area contributed by atoms with E-state index in [9.17, 15) is 10.1 Å². The Kier molecular flexibility index (Phi) is 9.64. The molecule has 0 aliphatic carbocycles. The lowest BCUT2D eigenvalue weighted by Crippen LogP contribution is -2.32. The van der Waals surface area contributed by atoms with Gasteiger partial charge in [0.05, 0.1) is 6.61 Å². The lowest BCUT2D eigenvalue weighted by atomic mass is 10.1. The molecule has 0 fully saturated rings. The van der Waals surface area contributed by atoms with Gasteiger partial charge in [-0.25, -0.2) is 0 Å². The predicted molar refractivity (Wildman–Crippen MR) is 96.2 cm³/mol. The molecule has 7 heteroatoms. The summed E-state index contributed by atoms with van der Waals surface area (Å²) in [7, 11) is 5.67. The first-order valence-corrected chi connectivity index (χ1v) is 8.13. The topological polar surface area (TPSA) is 80.0 Å². The molecule has 0 aliphatic rings. The minimum atomic E-state index is -0.402. The van der Waals surface area contributed by atoms with E-state index in [-0.39, 0.29) is 6.54 Å². The Morgan fingerprint density at radius 3 is 2.75 bits per heavy atom. The highest BCUT2D eigenvalue weighted by Crippen LogP contribution is 2.09. The summed E-state index contributed by atoms with van der Waals surface area (Å²) in [5.74, 6) is 0.376. The van der Waals surface area contributed by atoms with Crippen LogP contribution in [0.3, 0.4) is 0 Å². The summed E-state index contributed by atoms with van der Waals surface area (Å²) in [5.41, 5.74) is 2.64. The number of hydrogen-bond donors (Lipinski definition) is 1. The lowest BCUT2D eigenvalue weighted by molar-refractivity contribution is -0.463. The number of hydrogen-bond acceptors (Lipinski definition) is 5. The monoisotopic (exact) mass is 336 g/mol. The normalized spacial score (nSPS) is 11.8. The first kappa shape index (κ1) is 20.1. The highest BCUT2D eigenvalue weighted by molar-refractivity contribution is 5.82. The molecule has 0 amide bonds. The molecule has 0 bridgehead atoms. The number of nitrogens with zero attached hydrogens (tertiary/aromatic N) is 3. The Labute approximate surface area is 143 Å². The Balaban J connectivity index is 2.15. The van der Waals surface area contributed by atoms with E-state index in [1.807, 2.05) is 0 Å². The molecule has 1 aromatic carbocycles. The summed E-state index contributed by atoms with van der Waals surface area (Å²) >= 11 is 0. The van der Waals surface area contributed by atoms with Gasteiger partial charge in [0.1, 0.15) is 0 Å². The van der Waals surface area contributed by atoms with E-state index >= 15 is 0 Å². The molecule has 0 atom stereocenters. The summed E-state index contributed by atoms with van der Waals surface area (Å²) in [6.07, 6.45) is 1.94. The Hall–Kier alpha value is -1.99. The standard InChI is InChI=1S/C17H28N4O3/c1-18-17(14-21(22)23)19-9-11-24-10-5-8-15-6-4-7-16(12-15)13-20(2)3/h4,6-7,12H,5,8-11,13-14H2,1-3H3,(H,18,19). The van der Waals surface area contributed by atoms with Crippen LogP contribution in [0.15, 0.2) is 29.3 Å². The summed E-state index contributed by atoms with van der Waals surface area (Å²) in [6, 6.07) is 8.62. The fourth-order valence-electron chi connectivity index (χ4n) is 2.32. The van der Waals surface area contributed by atoms with E-state index in [1.165, 1.54) is 18.2 Å². The first-order chi connectivity index (χ1) is 11.5. The van der Waals surface area contributed by atoms with E-state index in [0.717, 1.165) is 19.4 Å². The summed E-state index contributed by atoms with van der Waals surface area (Å²) < 4.78 is 5.55. The second kappa shape index (κ2) is 11.5. The Morgan fingerprint density at radius 1 is 1.33 bits per heavy atom. The van der Waals surface area contributed by atoms with E-state index in [4.69, 9.17) is 4.74 Å². The second-order valence-electron chi connectivity index (χ2n) is 5.86. The zero-order chi connectivity index (χ0) is 17.8. The van der Waals surface area contributed by atoms with E-state index < -0.39 is 4.92 Å². The van der Waals surface area contributed by atoms with Crippen molar-refractivity contribution in [1.29, 1.82) is 0 Å². The smallest absolute Gasteiger partial charge is 0.259 e. The number of nitro groups is 1. The summed E-state index contributed by atoms with van der Waals surface area (Å²) in [5, 5.41) is 13.3. The van der Waals surface area contributed by atoms with E-state index in [2.05, 4.69) is 53.6 Å². The largest absolute Gasteiger partial charge is 0.380 e. The van der Waals surface area contributed by atoms with Crippen LogP contribution >= 0.6 is 0 Å². The highest BCUT2D eigenvalue weighted by Gasteiger charge is 2.05. The quantitative estimate of drug-likeness (QED) is 0.218. The van der Waals surface area contributed by atoms with Crippen LogP contribution in [0.25, 0.3) is 0 Å². The van der Waals surface area contributed by atoms with Crippen LogP contribution in [-0.2, 0) is 17.7 Å². The molecule has 0 aromatic heterocycles. The van der Waals surface area contributed by atoms with Gasteiger partial charge in [0.25, 0.3) is 6.54 Å². The maximum Gasteiger partial charge on any atom is 0.259 e. The van der Waals surface area contributed by atoms with Crippen molar-refractivity contribution in [2.45, 2.75) is 19.4 Å². The maximum absolute atomic E-state index is 10.4. The van der Waals surface area contributed by atoms with Crippen LogP contribution < -0.4 is 5.32 Å². The van der Waals surface area contributed by atoms with Crippen LogP contribution in [0.5, 0.6) is 0 Å². The summed E-state index contributed by atoms with van der Waals surface area (Å²) in [4.78, 5) is 16.0. The van der Waals surface area contributed by atoms with Gasteiger partial charge in [-0.3, -0.25) is 15.1 Å². The highest BCUT2D eigenvalue weighted by atomic mass is 16.6. The molecule has 0 spiro atoms. The van der Waals surface area contributed by atoms with Crippen molar-refractivity contribution in [3.63, 3.8) is 0 Å². The van der Waals surface area contributed by atoms with Crippen LogP contribution in [0.4, 0.5) is 0 Å². The van der Waals surface area contributed by atoms with E-state index in [1.54, 1.807) is 0 Å². The first-order valence-electron chi connectivity index (χ1n) is 8.13. The molecule has 1 N–H and O–H groups in total. The van der Waals surface area contributed by atoms with E-state index in [0.29, 0.717) is 25.6 Å². The fraction of sp³-hybridized carbons (Fsp3) is 0.588. The average molecular weight is 336 g/mol. The minimum absolute atomic E-state index is 0.278. The molecule has 0 radical (unpaired) electrons. The lowest BCUT2D eigenvalue weighted by Gasteiger charge is -2.11. The minimum Gasteiger partial charge on any atom is -0.380 e. The molecule has 0 unspecified atom stereocenters. The zero-order valence-electron chi connectivity index (χ0n) is 14.8. The maximum atomic E-state index is 10.4. The number of ether oxygens (including phenoxy) is 1. The zero-order valence-corrected chi connectivity index (χ0v) is 14.8. The number of nitrogens with one attached hydrogen (secondary N) is 1. The average Bonchev–Trinajstić information content (AvgIpc) is 2.52. The molecule has 1 aromatic rings. The van der Waals surface area contributed by atoms with Crippen molar-refractivity contribution in [1.82, 2.24) is 10.2 Å². The molecular formula is C17H28N4O3. The number of rotatable bonds is 11. The molecule has 0 saturated heterocycles.